The third-order valence-electron chi connectivity index (χ3n) is 4.64. The van der Waals surface area contributed by atoms with Gasteiger partial charge in [-0.1, -0.05) is 18.2 Å². The lowest BCUT2D eigenvalue weighted by atomic mass is 10.0. The van der Waals surface area contributed by atoms with Gasteiger partial charge in [-0.15, -0.1) is 0 Å². The Morgan fingerprint density at radius 2 is 1.69 bits per heavy atom. The van der Waals surface area contributed by atoms with Crippen molar-refractivity contribution in [1.29, 1.82) is 0 Å². The van der Waals surface area contributed by atoms with Gasteiger partial charge in [-0.05, 0) is 18.1 Å². The summed E-state index contributed by atoms with van der Waals surface area (Å²) in [4.78, 5) is 61.4. The van der Waals surface area contributed by atoms with Crippen LogP contribution in [-0.4, -0.2) is 70.0 Å². The fraction of sp³-hybridized carbons (Fsp3) is 0.350. The van der Waals surface area contributed by atoms with Crippen LogP contribution in [0.1, 0.15) is 18.4 Å². The van der Waals surface area contributed by atoms with Gasteiger partial charge in [0.2, 0.25) is 17.7 Å². The summed E-state index contributed by atoms with van der Waals surface area (Å²) in [7, 11) is 0. The Morgan fingerprint density at radius 3 is 2.34 bits per heavy atom. The number of nitrogens with two attached hydrogens (primary N) is 1. The smallest absolute Gasteiger partial charge is 0.326 e. The van der Waals surface area contributed by atoms with Crippen LogP contribution in [0.2, 0.25) is 0 Å². The molecule has 0 radical (unpaired) electrons. The minimum Gasteiger partial charge on any atom is -0.481 e. The van der Waals surface area contributed by atoms with Crippen molar-refractivity contribution in [1.82, 2.24) is 20.9 Å². The van der Waals surface area contributed by atoms with E-state index in [1.807, 2.05) is 24.3 Å². The van der Waals surface area contributed by atoms with Crippen LogP contribution >= 0.6 is 0 Å². The van der Waals surface area contributed by atoms with Crippen LogP contribution in [0.3, 0.4) is 0 Å². The van der Waals surface area contributed by atoms with Gasteiger partial charge in [0, 0.05) is 29.9 Å². The van der Waals surface area contributed by atoms with Crippen LogP contribution in [0.25, 0.3) is 10.9 Å². The van der Waals surface area contributed by atoms with Crippen molar-refractivity contribution < 1.29 is 34.2 Å². The molecule has 0 aliphatic rings. The summed E-state index contributed by atoms with van der Waals surface area (Å²) in [6.45, 7) is -0.954. The number of fused-ring (bicyclic) bond motifs is 1. The minimum atomic E-state index is -1.25. The molecule has 0 saturated heterocycles. The first-order valence-electron chi connectivity index (χ1n) is 9.77. The molecule has 12 nitrogen and oxygen atoms in total. The highest BCUT2D eigenvalue weighted by molar-refractivity contribution is 5.92. The second-order valence-corrected chi connectivity index (χ2v) is 7.00. The fourth-order valence-corrected chi connectivity index (χ4v) is 3.05. The van der Waals surface area contributed by atoms with E-state index in [1.165, 1.54) is 0 Å². The molecule has 0 aliphatic heterocycles. The molecule has 2 unspecified atom stereocenters. The zero-order chi connectivity index (χ0) is 23.7. The highest BCUT2D eigenvalue weighted by Gasteiger charge is 2.24. The predicted octanol–water partition coefficient (Wildman–Crippen LogP) is -1.30. The van der Waals surface area contributed by atoms with Crippen molar-refractivity contribution in [3.05, 3.63) is 36.0 Å². The van der Waals surface area contributed by atoms with Crippen molar-refractivity contribution in [3.63, 3.8) is 0 Å². The molecule has 172 valence electrons. The molecule has 0 saturated carbocycles. The van der Waals surface area contributed by atoms with Crippen molar-refractivity contribution in [2.45, 2.75) is 31.3 Å². The van der Waals surface area contributed by atoms with E-state index in [2.05, 4.69) is 20.9 Å². The Balaban J connectivity index is 1.95. The summed E-state index contributed by atoms with van der Waals surface area (Å²) in [5, 5.41) is 26.0. The van der Waals surface area contributed by atoms with E-state index in [-0.39, 0.29) is 19.3 Å². The second-order valence-electron chi connectivity index (χ2n) is 7.00. The average Bonchev–Trinajstić information content (AvgIpc) is 3.16. The number of benzene rings is 1. The van der Waals surface area contributed by atoms with E-state index in [0.717, 1.165) is 10.9 Å². The topological polar surface area (TPSA) is 204 Å². The molecule has 0 spiro atoms. The Kier molecular flexibility index (Phi) is 8.72. The van der Waals surface area contributed by atoms with Crippen molar-refractivity contribution in [2.24, 2.45) is 5.73 Å². The SMILES string of the molecule is NCC(=O)NC(CCC(=O)O)C(=O)NCC(=O)NC(Cc1c[nH]c2ccccc12)C(=O)O. The molecule has 2 aromatic rings. The molecule has 3 amide bonds. The number of para-hydroxylation sites is 1. The first kappa shape index (κ1) is 24.3. The van der Waals surface area contributed by atoms with Gasteiger partial charge in [-0.2, -0.15) is 0 Å². The molecule has 32 heavy (non-hydrogen) atoms. The van der Waals surface area contributed by atoms with Crippen molar-refractivity contribution >= 4 is 40.6 Å². The number of hydrogen-bond donors (Lipinski definition) is 7. The van der Waals surface area contributed by atoms with Crippen LogP contribution in [0.15, 0.2) is 30.5 Å². The summed E-state index contributed by atoms with van der Waals surface area (Å²) < 4.78 is 0. The third-order valence-corrected chi connectivity index (χ3v) is 4.64. The van der Waals surface area contributed by atoms with Crippen LogP contribution in [0, 0.1) is 0 Å². The molecule has 1 aromatic heterocycles. The van der Waals surface area contributed by atoms with E-state index in [9.17, 15) is 29.1 Å². The number of H-pyrrole nitrogens is 1. The van der Waals surface area contributed by atoms with Crippen LogP contribution in [-0.2, 0) is 30.4 Å². The second kappa shape index (κ2) is 11.5. The van der Waals surface area contributed by atoms with E-state index in [4.69, 9.17) is 10.8 Å². The molecule has 8 N–H and O–H groups in total. The lowest BCUT2D eigenvalue weighted by Crippen LogP contribution is -2.52. The van der Waals surface area contributed by atoms with E-state index in [1.54, 1.807) is 6.20 Å². The van der Waals surface area contributed by atoms with Gasteiger partial charge < -0.3 is 36.9 Å². The average molecular weight is 447 g/mol. The van der Waals surface area contributed by atoms with E-state index in [0.29, 0.717) is 5.56 Å². The highest BCUT2D eigenvalue weighted by atomic mass is 16.4. The molecule has 12 heteroatoms. The van der Waals surface area contributed by atoms with Gasteiger partial charge in [-0.3, -0.25) is 19.2 Å². The molecular formula is C20H25N5O7. The summed E-state index contributed by atoms with van der Waals surface area (Å²) >= 11 is 0. The Bertz CT molecular complexity index is 1000. The fourth-order valence-electron chi connectivity index (χ4n) is 3.05. The lowest BCUT2D eigenvalue weighted by molar-refractivity contribution is -0.141. The third kappa shape index (κ3) is 7.09. The highest BCUT2D eigenvalue weighted by Crippen LogP contribution is 2.19. The zero-order valence-electron chi connectivity index (χ0n) is 17.1. The molecule has 0 fully saturated rings. The molecule has 0 aliphatic carbocycles. The number of amides is 3. The Morgan fingerprint density at radius 1 is 1.00 bits per heavy atom. The van der Waals surface area contributed by atoms with Gasteiger partial charge >= 0.3 is 11.9 Å². The molecule has 2 atom stereocenters. The minimum absolute atomic E-state index is 0.0207. The number of carbonyl (C=O) groups is 5. The van der Waals surface area contributed by atoms with Gasteiger partial charge in [0.15, 0.2) is 0 Å². The largest absolute Gasteiger partial charge is 0.481 e. The maximum atomic E-state index is 12.3. The van der Waals surface area contributed by atoms with Gasteiger partial charge in [0.05, 0.1) is 13.1 Å². The Hall–Kier alpha value is -3.93. The number of carboxylic acids is 2. The number of aromatic amines is 1. The zero-order valence-corrected chi connectivity index (χ0v) is 17.1. The van der Waals surface area contributed by atoms with Crippen LogP contribution in [0.4, 0.5) is 0 Å². The Labute approximate surface area is 182 Å². The maximum absolute atomic E-state index is 12.3. The van der Waals surface area contributed by atoms with Crippen molar-refractivity contribution in [3.8, 4) is 0 Å². The van der Waals surface area contributed by atoms with E-state index >= 15 is 0 Å². The first-order chi connectivity index (χ1) is 15.2. The number of nitrogens with one attached hydrogen (secondary N) is 4. The standard InChI is InChI=1S/C20H25N5O7/c21-8-16(26)24-14(5-6-18(28)29)19(30)23-10-17(27)25-15(20(31)32)7-11-9-22-13-4-2-1-3-12(11)13/h1-4,9,14-15,22H,5-8,10,21H2,(H,23,30)(H,24,26)(H,25,27)(H,28,29)(H,31,32). The van der Waals surface area contributed by atoms with Crippen LogP contribution in [0.5, 0.6) is 0 Å². The monoisotopic (exact) mass is 447 g/mol. The van der Waals surface area contributed by atoms with E-state index < -0.39 is 54.8 Å². The number of aliphatic carboxylic acids is 2. The molecule has 0 bridgehead atoms. The maximum Gasteiger partial charge on any atom is 0.326 e. The number of aromatic nitrogens is 1. The lowest BCUT2D eigenvalue weighted by Gasteiger charge is -2.18. The van der Waals surface area contributed by atoms with Gasteiger partial charge in [-0.25, -0.2) is 4.79 Å². The summed E-state index contributed by atoms with van der Waals surface area (Å²) in [6, 6.07) is 4.88. The van der Waals surface area contributed by atoms with Crippen LogP contribution < -0.4 is 21.7 Å². The normalized spacial score (nSPS) is 12.5. The molecule has 2 rings (SSSR count). The summed E-state index contributed by atoms with van der Waals surface area (Å²) in [6.07, 6.45) is 1.10. The number of carboxylic acid groups (broad SMARTS) is 2. The van der Waals surface area contributed by atoms with Gasteiger partial charge in [0.1, 0.15) is 12.1 Å². The molecular weight excluding hydrogens is 422 g/mol. The summed E-state index contributed by atoms with van der Waals surface area (Å²) in [5.41, 5.74) is 6.72. The summed E-state index contributed by atoms with van der Waals surface area (Å²) in [5.74, 6) is -4.61. The number of hydrogen-bond acceptors (Lipinski definition) is 6. The number of carbonyl (C=O) groups excluding carboxylic acids is 3. The molecule has 1 heterocycles. The quantitative estimate of drug-likeness (QED) is 0.208. The first-order valence-corrected chi connectivity index (χ1v) is 9.77. The number of rotatable bonds is 12. The van der Waals surface area contributed by atoms with Gasteiger partial charge in [0.25, 0.3) is 0 Å². The van der Waals surface area contributed by atoms with Crippen molar-refractivity contribution in [2.75, 3.05) is 13.1 Å². The molecule has 1 aromatic carbocycles. The predicted molar refractivity (Wildman–Crippen MR) is 112 cm³/mol.